The maximum absolute atomic E-state index is 11.9. The summed E-state index contributed by atoms with van der Waals surface area (Å²) in [5.74, 6) is -4.00. The molecular weight excluding hydrogens is 276 g/mol. The molecule has 0 amide bonds. The summed E-state index contributed by atoms with van der Waals surface area (Å²) in [6, 6.07) is 1.86. The van der Waals surface area contributed by atoms with E-state index in [2.05, 4.69) is 0 Å². The lowest BCUT2D eigenvalue weighted by molar-refractivity contribution is -0.143. The molecule has 0 bridgehead atoms. The van der Waals surface area contributed by atoms with Crippen molar-refractivity contribution in [3.63, 3.8) is 0 Å². The van der Waals surface area contributed by atoms with Gasteiger partial charge >= 0.3 is 11.9 Å². The van der Waals surface area contributed by atoms with Gasteiger partial charge in [0.15, 0.2) is 17.2 Å². The minimum absolute atomic E-state index is 0.207. The summed E-state index contributed by atoms with van der Waals surface area (Å²) < 4.78 is 4.75. The van der Waals surface area contributed by atoms with Crippen LogP contribution in [0.2, 0.25) is 0 Å². The third-order valence-electron chi connectivity index (χ3n) is 3.23. The van der Waals surface area contributed by atoms with E-state index in [0.29, 0.717) is 12.8 Å². The number of aromatic hydroxyl groups is 3. The lowest BCUT2D eigenvalue weighted by Gasteiger charge is -2.12. The minimum atomic E-state index is -0.972. The Labute approximate surface area is 123 Å². The molecular formula is C15H20O6. The van der Waals surface area contributed by atoms with Crippen molar-refractivity contribution < 1.29 is 29.6 Å². The van der Waals surface area contributed by atoms with Crippen LogP contribution in [0.15, 0.2) is 12.1 Å². The van der Waals surface area contributed by atoms with Crippen LogP contribution in [0.1, 0.15) is 49.9 Å². The number of hydrogen-bond acceptors (Lipinski definition) is 6. The third-order valence-corrected chi connectivity index (χ3v) is 3.23. The van der Waals surface area contributed by atoms with Crippen molar-refractivity contribution in [2.75, 3.05) is 0 Å². The molecule has 3 N–H and O–H groups in total. The molecule has 0 aliphatic rings. The van der Waals surface area contributed by atoms with E-state index in [4.69, 9.17) is 4.74 Å². The van der Waals surface area contributed by atoms with Gasteiger partial charge in [-0.2, -0.15) is 0 Å². The van der Waals surface area contributed by atoms with Crippen LogP contribution in [0, 0.1) is 5.92 Å². The molecule has 6 heteroatoms. The molecule has 6 nitrogen and oxygen atoms in total. The Morgan fingerprint density at radius 1 is 1.14 bits per heavy atom. The maximum atomic E-state index is 11.9. The second kappa shape index (κ2) is 7.52. The van der Waals surface area contributed by atoms with Gasteiger partial charge in [0, 0.05) is 0 Å². The molecule has 0 spiro atoms. The van der Waals surface area contributed by atoms with Crippen molar-refractivity contribution in [2.24, 2.45) is 5.92 Å². The van der Waals surface area contributed by atoms with E-state index >= 15 is 0 Å². The standard InChI is InChI=1S/C15H20O6/c1-3-5-6-9(4-2)14(19)21-15(20)10-7-11(16)13(18)12(17)8-10/h7-9,16-18H,3-6H2,1-2H3. The average molecular weight is 296 g/mol. The largest absolute Gasteiger partial charge is 0.504 e. The van der Waals surface area contributed by atoms with Gasteiger partial charge in [-0.25, -0.2) is 4.79 Å². The van der Waals surface area contributed by atoms with Crippen LogP contribution >= 0.6 is 0 Å². The van der Waals surface area contributed by atoms with Gasteiger partial charge in [0.05, 0.1) is 11.5 Å². The van der Waals surface area contributed by atoms with Crippen LogP contribution in [-0.2, 0) is 9.53 Å². The highest BCUT2D eigenvalue weighted by Crippen LogP contribution is 2.35. The minimum Gasteiger partial charge on any atom is -0.504 e. The quantitative estimate of drug-likeness (QED) is 0.423. The van der Waals surface area contributed by atoms with Crippen molar-refractivity contribution >= 4 is 11.9 Å². The predicted molar refractivity (Wildman–Crippen MR) is 75.2 cm³/mol. The van der Waals surface area contributed by atoms with E-state index in [1.54, 1.807) is 0 Å². The van der Waals surface area contributed by atoms with E-state index in [-0.39, 0.29) is 11.5 Å². The molecule has 0 fully saturated rings. The fourth-order valence-corrected chi connectivity index (χ4v) is 1.89. The first-order valence-electron chi connectivity index (χ1n) is 6.91. The highest BCUT2D eigenvalue weighted by Gasteiger charge is 2.23. The third kappa shape index (κ3) is 4.37. The maximum Gasteiger partial charge on any atom is 0.346 e. The zero-order valence-electron chi connectivity index (χ0n) is 12.1. The van der Waals surface area contributed by atoms with Crippen molar-refractivity contribution in [3.05, 3.63) is 17.7 Å². The summed E-state index contributed by atoms with van der Waals surface area (Å²) in [6.07, 6.45) is 3.02. The van der Waals surface area contributed by atoms with Crippen LogP contribution in [0.3, 0.4) is 0 Å². The first-order valence-corrected chi connectivity index (χ1v) is 6.91. The lowest BCUT2D eigenvalue weighted by Crippen LogP contribution is -2.21. The first kappa shape index (κ1) is 16.8. The molecule has 1 aromatic rings. The Morgan fingerprint density at radius 3 is 2.19 bits per heavy atom. The average Bonchev–Trinajstić information content (AvgIpc) is 2.44. The molecule has 0 aliphatic carbocycles. The zero-order chi connectivity index (χ0) is 16.0. The summed E-state index contributed by atoms with van der Waals surface area (Å²) in [4.78, 5) is 23.7. The second-order valence-corrected chi connectivity index (χ2v) is 4.82. The zero-order valence-corrected chi connectivity index (χ0v) is 12.1. The van der Waals surface area contributed by atoms with E-state index < -0.39 is 29.2 Å². The molecule has 0 aliphatic heterocycles. The summed E-state index contributed by atoms with van der Waals surface area (Å²) >= 11 is 0. The molecule has 0 aromatic heterocycles. The van der Waals surface area contributed by atoms with E-state index in [1.807, 2.05) is 13.8 Å². The predicted octanol–water partition coefficient (Wildman–Crippen LogP) is 2.70. The van der Waals surface area contributed by atoms with Gasteiger partial charge in [-0.1, -0.05) is 26.7 Å². The summed E-state index contributed by atoms with van der Waals surface area (Å²) in [5, 5.41) is 27.9. The molecule has 1 atom stereocenters. The Balaban J connectivity index is 2.78. The molecule has 0 radical (unpaired) electrons. The number of rotatable bonds is 6. The molecule has 0 saturated heterocycles. The SMILES string of the molecule is CCCCC(CC)C(=O)OC(=O)c1cc(O)c(O)c(O)c1. The van der Waals surface area contributed by atoms with Crippen LogP contribution in [0.4, 0.5) is 0 Å². The molecule has 21 heavy (non-hydrogen) atoms. The van der Waals surface area contributed by atoms with Gasteiger partial charge in [-0.05, 0) is 25.0 Å². The highest BCUT2D eigenvalue weighted by molar-refractivity contribution is 5.98. The number of hydrogen-bond donors (Lipinski definition) is 3. The van der Waals surface area contributed by atoms with Crippen molar-refractivity contribution in [1.82, 2.24) is 0 Å². The smallest absolute Gasteiger partial charge is 0.346 e. The number of phenolic OH excluding ortho intramolecular Hbond substituents is 3. The molecule has 1 rings (SSSR count). The highest BCUT2D eigenvalue weighted by atomic mass is 16.6. The number of carbonyl (C=O) groups is 2. The number of phenols is 3. The molecule has 116 valence electrons. The summed E-state index contributed by atoms with van der Waals surface area (Å²) in [6.45, 7) is 3.84. The van der Waals surface area contributed by atoms with Crippen LogP contribution in [-0.4, -0.2) is 27.3 Å². The number of carbonyl (C=O) groups excluding carboxylic acids is 2. The summed E-state index contributed by atoms with van der Waals surface area (Å²) in [7, 11) is 0. The monoisotopic (exact) mass is 296 g/mol. The molecule has 1 aromatic carbocycles. The van der Waals surface area contributed by atoms with E-state index in [9.17, 15) is 24.9 Å². The molecule has 1 unspecified atom stereocenters. The van der Waals surface area contributed by atoms with Gasteiger partial charge in [-0.15, -0.1) is 0 Å². The number of unbranched alkanes of at least 4 members (excludes halogenated alkanes) is 1. The van der Waals surface area contributed by atoms with E-state index in [1.165, 1.54) is 0 Å². The van der Waals surface area contributed by atoms with Crippen LogP contribution in [0.25, 0.3) is 0 Å². The van der Waals surface area contributed by atoms with Crippen molar-refractivity contribution in [3.8, 4) is 17.2 Å². The van der Waals surface area contributed by atoms with Gasteiger partial charge in [0.1, 0.15) is 0 Å². The topological polar surface area (TPSA) is 104 Å². The Kier molecular flexibility index (Phi) is 6.02. The Bertz CT molecular complexity index is 500. The second-order valence-electron chi connectivity index (χ2n) is 4.82. The molecule has 0 heterocycles. The van der Waals surface area contributed by atoms with Crippen LogP contribution < -0.4 is 0 Å². The van der Waals surface area contributed by atoms with Gasteiger partial charge in [0.25, 0.3) is 0 Å². The number of esters is 2. The van der Waals surface area contributed by atoms with Crippen molar-refractivity contribution in [2.45, 2.75) is 39.5 Å². The van der Waals surface area contributed by atoms with Crippen LogP contribution in [0.5, 0.6) is 17.2 Å². The summed E-state index contributed by atoms with van der Waals surface area (Å²) in [5.41, 5.74) is -0.207. The fraction of sp³-hybridized carbons (Fsp3) is 0.467. The first-order chi connectivity index (χ1) is 9.90. The number of ether oxygens (including phenoxy) is 1. The Morgan fingerprint density at radius 2 is 1.71 bits per heavy atom. The molecule has 0 saturated carbocycles. The fourth-order valence-electron chi connectivity index (χ4n) is 1.89. The van der Waals surface area contributed by atoms with Gasteiger partial charge in [0.2, 0.25) is 0 Å². The Hall–Kier alpha value is -2.24. The van der Waals surface area contributed by atoms with Gasteiger partial charge in [-0.3, -0.25) is 4.79 Å². The van der Waals surface area contributed by atoms with Crippen molar-refractivity contribution in [1.29, 1.82) is 0 Å². The number of benzene rings is 1. The lowest BCUT2D eigenvalue weighted by atomic mass is 10.00. The normalized spacial score (nSPS) is 11.9. The van der Waals surface area contributed by atoms with Gasteiger partial charge < -0.3 is 20.1 Å². The van der Waals surface area contributed by atoms with E-state index in [0.717, 1.165) is 25.0 Å².